The lowest BCUT2D eigenvalue weighted by atomic mass is 10.0. The van der Waals surface area contributed by atoms with Crippen LogP contribution in [0, 0.1) is 5.92 Å². The molecule has 0 aromatic heterocycles. The van der Waals surface area contributed by atoms with Crippen LogP contribution in [0.3, 0.4) is 0 Å². The van der Waals surface area contributed by atoms with Gasteiger partial charge in [0.2, 0.25) is 5.91 Å². The molecule has 3 nitrogen and oxygen atoms in total. The van der Waals surface area contributed by atoms with Crippen molar-refractivity contribution < 1.29 is 4.79 Å². The average molecular weight is 268 g/mol. The van der Waals surface area contributed by atoms with Crippen LogP contribution in [0.15, 0.2) is 42.5 Å². The molecule has 0 bridgehead atoms. The molecule has 3 rings (SSSR count). The van der Waals surface area contributed by atoms with Gasteiger partial charge in [0.05, 0.1) is 0 Å². The summed E-state index contributed by atoms with van der Waals surface area (Å²) in [7, 11) is 1.89. The molecular weight excluding hydrogens is 248 g/mol. The zero-order valence-corrected chi connectivity index (χ0v) is 11.7. The maximum absolute atomic E-state index is 12.0. The molecule has 2 atom stereocenters. The molecule has 20 heavy (non-hydrogen) atoms. The highest BCUT2D eigenvalue weighted by molar-refractivity contribution is 5.85. The predicted octanol–water partition coefficient (Wildman–Crippen LogP) is 2.28. The third-order valence-electron chi connectivity index (χ3n) is 4.00. The first-order valence-electron chi connectivity index (χ1n) is 7.20. The van der Waals surface area contributed by atoms with Gasteiger partial charge in [0.15, 0.2) is 0 Å². The minimum atomic E-state index is 0.160. The second-order valence-electron chi connectivity index (χ2n) is 5.45. The molecule has 1 aliphatic rings. The monoisotopic (exact) mass is 268 g/mol. The van der Waals surface area contributed by atoms with Crippen LogP contribution in [0.4, 0.5) is 0 Å². The Hall–Kier alpha value is -1.87. The van der Waals surface area contributed by atoms with Crippen molar-refractivity contribution in [3.63, 3.8) is 0 Å². The van der Waals surface area contributed by atoms with Crippen LogP contribution in [-0.2, 0) is 4.79 Å². The van der Waals surface area contributed by atoms with Gasteiger partial charge < -0.3 is 10.6 Å². The van der Waals surface area contributed by atoms with Gasteiger partial charge >= 0.3 is 0 Å². The minimum absolute atomic E-state index is 0.160. The highest BCUT2D eigenvalue weighted by Gasteiger charge is 2.43. The number of hydrogen-bond acceptors (Lipinski definition) is 2. The van der Waals surface area contributed by atoms with Crippen LogP contribution in [-0.4, -0.2) is 26.0 Å². The second kappa shape index (κ2) is 5.63. The van der Waals surface area contributed by atoms with Crippen molar-refractivity contribution in [1.29, 1.82) is 0 Å². The maximum Gasteiger partial charge on any atom is 0.223 e. The summed E-state index contributed by atoms with van der Waals surface area (Å²) in [5.74, 6) is 0.751. The summed E-state index contributed by atoms with van der Waals surface area (Å²) in [6.07, 6.45) is 0.976. The molecule has 1 amide bonds. The summed E-state index contributed by atoms with van der Waals surface area (Å²) in [4.78, 5) is 12.0. The largest absolute Gasteiger partial charge is 0.355 e. The molecule has 0 aliphatic heterocycles. The Morgan fingerprint density at radius 1 is 1.15 bits per heavy atom. The van der Waals surface area contributed by atoms with E-state index in [1.807, 2.05) is 7.05 Å². The van der Waals surface area contributed by atoms with E-state index in [0.29, 0.717) is 12.5 Å². The number of benzene rings is 2. The molecule has 0 heterocycles. The molecular formula is C17H20N2O. The summed E-state index contributed by atoms with van der Waals surface area (Å²) in [6, 6.07) is 14.9. The van der Waals surface area contributed by atoms with E-state index in [1.165, 1.54) is 16.3 Å². The Balaban J connectivity index is 1.66. The molecule has 2 aromatic carbocycles. The first kappa shape index (κ1) is 13.1. The quantitative estimate of drug-likeness (QED) is 0.817. The highest BCUT2D eigenvalue weighted by atomic mass is 16.2. The zero-order valence-electron chi connectivity index (χ0n) is 11.7. The normalized spacial score (nSPS) is 20.9. The van der Waals surface area contributed by atoms with Crippen LogP contribution in [0.25, 0.3) is 10.8 Å². The lowest BCUT2D eigenvalue weighted by Gasteiger charge is -2.05. The van der Waals surface area contributed by atoms with Crippen molar-refractivity contribution in [2.45, 2.75) is 12.3 Å². The van der Waals surface area contributed by atoms with Gasteiger partial charge in [0.25, 0.3) is 0 Å². The Morgan fingerprint density at radius 3 is 2.75 bits per heavy atom. The van der Waals surface area contributed by atoms with Gasteiger partial charge in [-0.05, 0) is 35.7 Å². The van der Waals surface area contributed by atoms with Crippen LogP contribution in [0.5, 0.6) is 0 Å². The third kappa shape index (κ3) is 2.68. The molecule has 2 unspecified atom stereocenters. The molecule has 1 saturated carbocycles. The van der Waals surface area contributed by atoms with Gasteiger partial charge in [-0.3, -0.25) is 4.79 Å². The van der Waals surface area contributed by atoms with E-state index in [4.69, 9.17) is 0 Å². The van der Waals surface area contributed by atoms with Crippen LogP contribution < -0.4 is 10.6 Å². The van der Waals surface area contributed by atoms with Gasteiger partial charge in [-0.25, -0.2) is 0 Å². The number of likely N-dealkylation sites (N-methyl/N-ethyl adjacent to an activating group) is 1. The smallest absolute Gasteiger partial charge is 0.223 e. The van der Waals surface area contributed by atoms with E-state index in [9.17, 15) is 4.79 Å². The zero-order chi connectivity index (χ0) is 13.9. The van der Waals surface area contributed by atoms with Crippen LogP contribution in [0.1, 0.15) is 17.9 Å². The number of carbonyl (C=O) groups excluding carboxylic acids is 1. The van der Waals surface area contributed by atoms with E-state index in [-0.39, 0.29) is 11.8 Å². The molecule has 2 aromatic rings. The Morgan fingerprint density at radius 2 is 1.95 bits per heavy atom. The van der Waals surface area contributed by atoms with Crippen LogP contribution >= 0.6 is 0 Å². The highest BCUT2D eigenvalue weighted by Crippen LogP contribution is 2.48. The van der Waals surface area contributed by atoms with E-state index in [1.54, 1.807) is 0 Å². The summed E-state index contributed by atoms with van der Waals surface area (Å²) < 4.78 is 0. The van der Waals surface area contributed by atoms with Crippen LogP contribution in [0.2, 0.25) is 0 Å². The Labute approximate surface area is 119 Å². The molecule has 0 saturated heterocycles. The van der Waals surface area contributed by atoms with Crippen molar-refractivity contribution >= 4 is 16.7 Å². The Kier molecular flexibility index (Phi) is 3.70. The van der Waals surface area contributed by atoms with Crippen molar-refractivity contribution in [2.24, 2.45) is 5.92 Å². The number of fused-ring (bicyclic) bond motifs is 1. The lowest BCUT2D eigenvalue weighted by Crippen LogP contribution is -2.31. The van der Waals surface area contributed by atoms with Gasteiger partial charge in [-0.1, -0.05) is 42.5 Å². The first-order chi connectivity index (χ1) is 9.79. The van der Waals surface area contributed by atoms with Gasteiger partial charge in [-0.2, -0.15) is 0 Å². The summed E-state index contributed by atoms with van der Waals surface area (Å²) >= 11 is 0. The van der Waals surface area contributed by atoms with Crippen molar-refractivity contribution in [3.05, 3.63) is 48.0 Å². The minimum Gasteiger partial charge on any atom is -0.355 e. The van der Waals surface area contributed by atoms with Crippen molar-refractivity contribution in [2.75, 3.05) is 20.1 Å². The van der Waals surface area contributed by atoms with E-state index < -0.39 is 0 Å². The molecule has 1 fully saturated rings. The number of carbonyl (C=O) groups is 1. The maximum atomic E-state index is 12.0. The fourth-order valence-corrected chi connectivity index (χ4v) is 2.73. The fourth-order valence-electron chi connectivity index (χ4n) is 2.73. The first-order valence-corrected chi connectivity index (χ1v) is 7.20. The van der Waals surface area contributed by atoms with Crippen molar-refractivity contribution in [1.82, 2.24) is 10.6 Å². The van der Waals surface area contributed by atoms with Crippen molar-refractivity contribution in [3.8, 4) is 0 Å². The molecule has 0 radical (unpaired) electrons. The number of nitrogens with one attached hydrogen (secondary N) is 2. The second-order valence-corrected chi connectivity index (χ2v) is 5.45. The molecule has 104 valence electrons. The number of amides is 1. The van der Waals surface area contributed by atoms with Gasteiger partial charge in [-0.15, -0.1) is 0 Å². The third-order valence-corrected chi connectivity index (χ3v) is 4.00. The number of rotatable bonds is 5. The molecule has 3 heteroatoms. The molecule has 0 spiro atoms. The number of hydrogen-bond donors (Lipinski definition) is 2. The summed E-state index contributed by atoms with van der Waals surface area (Å²) in [6.45, 7) is 1.52. The lowest BCUT2D eigenvalue weighted by molar-refractivity contribution is -0.122. The van der Waals surface area contributed by atoms with E-state index in [2.05, 4.69) is 53.1 Å². The van der Waals surface area contributed by atoms with Gasteiger partial charge in [0.1, 0.15) is 0 Å². The van der Waals surface area contributed by atoms with E-state index in [0.717, 1.165) is 13.0 Å². The average Bonchev–Trinajstić information content (AvgIpc) is 3.27. The summed E-state index contributed by atoms with van der Waals surface area (Å²) in [5.41, 5.74) is 1.29. The Bertz CT molecular complexity index is 623. The molecule has 1 aliphatic carbocycles. The standard InChI is InChI=1S/C17H20N2O/c1-18-8-9-19-17(20)16-11-15(16)14-7-6-12-4-2-3-5-13(12)10-14/h2-7,10,15-16,18H,8-9,11H2,1H3,(H,19,20). The van der Waals surface area contributed by atoms with Gasteiger partial charge in [0, 0.05) is 19.0 Å². The fraction of sp³-hybridized carbons (Fsp3) is 0.353. The topological polar surface area (TPSA) is 41.1 Å². The SMILES string of the molecule is CNCCNC(=O)C1CC1c1ccc2ccccc2c1. The predicted molar refractivity (Wildman–Crippen MR) is 81.7 cm³/mol. The molecule has 2 N–H and O–H groups in total. The summed E-state index contributed by atoms with van der Waals surface area (Å²) in [5, 5.41) is 8.52. The van der Waals surface area contributed by atoms with E-state index >= 15 is 0 Å².